The van der Waals surface area contributed by atoms with Gasteiger partial charge in [-0.05, 0) is 44.0 Å². The van der Waals surface area contributed by atoms with E-state index in [4.69, 9.17) is 11.6 Å². The molecule has 4 atom stereocenters. The Kier molecular flexibility index (Phi) is 4.61. The second-order valence-corrected chi connectivity index (χ2v) is 7.84. The van der Waals surface area contributed by atoms with Gasteiger partial charge in [-0.1, -0.05) is 23.7 Å². The van der Waals surface area contributed by atoms with Gasteiger partial charge in [-0.25, -0.2) is 5.43 Å². The largest absolute Gasteiger partial charge is 0.298 e. The Bertz CT molecular complexity index is 534. The number of hydrazine groups is 1. The van der Waals surface area contributed by atoms with Gasteiger partial charge in [-0.15, -0.1) is 0 Å². The van der Waals surface area contributed by atoms with E-state index in [9.17, 15) is 0 Å². The van der Waals surface area contributed by atoms with E-state index in [1.807, 2.05) is 12.1 Å². The molecule has 1 aromatic rings. The molecule has 4 rings (SSSR count). The van der Waals surface area contributed by atoms with Crippen LogP contribution in [0.2, 0.25) is 5.02 Å². The maximum atomic E-state index is 6.03. The molecule has 0 saturated carbocycles. The number of hydrogen-bond donors (Lipinski definition) is 2. The van der Waals surface area contributed by atoms with Crippen molar-refractivity contribution in [2.24, 2.45) is 5.92 Å². The van der Waals surface area contributed by atoms with E-state index in [0.29, 0.717) is 18.0 Å². The SMILES string of the molecule is C[C@H]1CN2CCCC2CN1CC1CNNC1c1ccc(Cl)cc1. The highest BCUT2D eigenvalue weighted by Gasteiger charge is 2.37. The summed E-state index contributed by atoms with van der Waals surface area (Å²) in [5.74, 6) is 0.603. The molecule has 4 nitrogen and oxygen atoms in total. The van der Waals surface area contributed by atoms with Crippen molar-refractivity contribution in [3.05, 3.63) is 34.9 Å². The van der Waals surface area contributed by atoms with Crippen LogP contribution in [-0.4, -0.2) is 54.6 Å². The van der Waals surface area contributed by atoms with Crippen LogP contribution in [0.1, 0.15) is 31.4 Å². The van der Waals surface area contributed by atoms with Gasteiger partial charge in [0.05, 0.1) is 6.04 Å². The van der Waals surface area contributed by atoms with Crippen LogP contribution in [0.3, 0.4) is 0 Å². The smallest absolute Gasteiger partial charge is 0.0515 e. The Morgan fingerprint density at radius 2 is 2.04 bits per heavy atom. The highest BCUT2D eigenvalue weighted by atomic mass is 35.5. The molecule has 126 valence electrons. The Balaban J connectivity index is 1.43. The molecule has 5 heteroatoms. The minimum atomic E-state index is 0.376. The first-order valence-corrected chi connectivity index (χ1v) is 9.30. The molecule has 0 aliphatic carbocycles. The van der Waals surface area contributed by atoms with E-state index in [1.54, 1.807) is 0 Å². The van der Waals surface area contributed by atoms with Crippen molar-refractivity contribution < 1.29 is 0 Å². The average molecular weight is 335 g/mol. The Hall–Kier alpha value is -0.650. The molecular weight excluding hydrogens is 308 g/mol. The Morgan fingerprint density at radius 3 is 2.87 bits per heavy atom. The quantitative estimate of drug-likeness (QED) is 0.888. The van der Waals surface area contributed by atoms with Gasteiger partial charge in [0.2, 0.25) is 0 Å². The molecule has 1 aromatic carbocycles. The molecule has 0 bridgehead atoms. The number of halogens is 1. The monoisotopic (exact) mass is 334 g/mol. The van der Waals surface area contributed by atoms with Crippen LogP contribution in [0.15, 0.2) is 24.3 Å². The molecule has 23 heavy (non-hydrogen) atoms. The maximum absolute atomic E-state index is 6.03. The van der Waals surface area contributed by atoms with Crippen molar-refractivity contribution in [3.8, 4) is 0 Å². The van der Waals surface area contributed by atoms with Gasteiger partial charge in [-0.3, -0.25) is 15.2 Å². The fourth-order valence-electron chi connectivity index (χ4n) is 4.53. The predicted molar refractivity (Wildman–Crippen MR) is 94.5 cm³/mol. The standard InChI is InChI=1S/C18H27ClN4/c1-13-10-22-8-2-3-17(22)12-23(13)11-15-9-20-21-18(15)14-4-6-16(19)7-5-14/h4-7,13,15,17-18,20-21H,2-3,8-12H2,1H3/t13-,15?,17?,18?/m0/s1. The van der Waals surface area contributed by atoms with E-state index < -0.39 is 0 Å². The molecule has 3 fully saturated rings. The lowest BCUT2D eigenvalue weighted by Crippen LogP contribution is -2.56. The summed E-state index contributed by atoms with van der Waals surface area (Å²) in [5.41, 5.74) is 8.16. The van der Waals surface area contributed by atoms with Crippen LogP contribution in [0.25, 0.3) is 0 Å². The average Bonchev–Trinajstić information content (AvgIpc) is 3.17. The summed E-state index contributed by atoms with van der Waals surface area (Å²) in [6.45, 7) is 8.38. The van der Waals surface area contributed by atoms with Crippen LogP contribution < -0.4 is 10.9 Å². The van der Waals surface area contributed by atoms with Crippen molar-refractivity contribution in [1.82, 2.24) is 20.7 Å². The van der Waals surface area contributed by atoms with Gasteiger partial charge < -0.3 is 0 Å². The number of nitrogens with one attached hydrogen (secondary N) is 2. The van der Waals surface area contributed by atoms with E-state index in [2.05, 4.69) is 39.7 Å². The lowest BCUT2D eigenvalue weighted by molar-refractivity contribution is 0.0478. The lowest BCUT2D eigenvalue weighted by Gasteiger charge is -2.43. The first kappa shape index (κ1) is 15.9. The first-order chi connectivity index (χ1) is 11.2. The molecule has 0 aromatic heterocycles. The van der Waals surface area contributed by atoms with Crippen molar-refractivity contribution in [3.63, 3.8) is 0 Å². The summed E-state index contributed by atoms with van der Waals surface area (Å²) in [5, 5.41) is 0.808. The lowest BCUT2D eigenvalue weighted by atomic mass is 9.93. The molecule has 3 aliphatic heterocycles. The minimum absolute atomic E-state index is 0.376. The van der Waals surface area contributed by atoms with Crippen molar-refractivity contribution in [2.75, 3.05) is 32.7 Å². The predicted octanol–water partition coefficient (Wildman–Crippen LogP) is 2.27. The highest BCUT2D eigenvalue weighted by molar-refractivity contribution is 6.30. The molecule has 0 amide bonds. The van der Waals surface area contributed by atoms with Crippen LogP contribution in [0, 0.1) is 5.92 Å². The number of fused-ring (bicyclic) bond motifs is 1. The van der Waals surface area contributed by atoms with Gasteiger partial charge in [0.1, 0.15) is 0 Å². The zero-order chi connectivity index (χ0) is 15.8. The van der Waals surface area contributed by atoms with Gasteiger partial charge >= 0.3 is 0 Å². The second-order valence-electron chi connectivity index (χ2n) is 7.41. The third-order valence-electron chi connectivity index (χ3n) is 5.86. The first-order valence-electron chi connectivity index (χ1n) is 8.92. The highest BCUT2D eigenvalue weighted by Crippen LogP contribution is 2.30. The van der Waals surface area contributed by atoms with Crippen molar-refractivity contribution in [2.45, 2.75) is 37.9 Å². The molecule has 3 aliphatic rings. The zero-order valence-corrected chi connectivity index (χ0v) is 14.6. The summed E-state index contributed by atoms with van der Waals surface area (Å²) in [6.07, 6.45) is 2.76. The fourth-order valence-corrected chi connectivity index (χ4v) is 4.66. The van der Waals surface area contributed by atoms with E-state index in [1.165, 1.54) is 44.6 Å². The molecular formula is C18H27ClN4. The van der Waals surface area contributed by atoms with E-state index in [0.717, 1.165) is 17.6 Å². The molecule has 3 saturated heterocycles. The second kappa shape index (κ2) is 6.69. The van der Waals surface area contributed by atoms with Gasteiger partial charge in [0, 0.05) is 49.2 Å². The maximum Gasteiger partial charge on any atom is 0.0515 e. The molecule has 3 unspecified atom stereocenters. The molecule has 3 heterocycles. The van der Waals surface area contributed by atoms with E-state index in [-0.39, 0.29) is 0 Å². The third kappa shape index (κ3) is 3.28. The van der Waals surface area contributed by atoms with Crippen LogP contribution in [-0.2, 0) is 0 Å². The zero-order valence-electron chi connectivity index (χ0n) is 13.8. The van der Waals surface area contributed by atoms with E-state index >= 15 is 0 Å². The molecule has 0 spiro atoms. The Morgan fingerprint density at radius 1 is 1.22 bits per heavy atom. The summed E-state index contributed by atoms with van der Waals surface area (Å²) in [6, 6.07) is 10.1. The number of nitrogens with zero attached hydrogens (tertiary/aromatic N) is 2. The summed E-state index contributed by atoms with van der Waals surface area (Å²) < 4.78 is 0. The number of benzene rings is 1. The molecule has 0 radical (unpaired) electrons. The van der Waals surface area contributed by atoms with Crippen LogP contribution in [0.5, 0.6) is 0 Å². The normalized spacial score (nSPS) is 35.6. The van der Waals surface area contributed by atoms with Crippen LogP contribution >= 0.6 is 11.6 Å². The fraction of sp³-hybridized carbons (Fsp3) is 0.667. The number of hydrogen-bond acceptors (Lipinski definition) is 4. The topological polar surface area (TPSA) is 30.5 Å². The van der Waals surface area contributed by atoms with Gasteiger partial charge in [0.25, 0.3) is 0 Å². The van der Waals surface area contributed by atoms with Crippen molar-refractivity contribution >= 4 is 11.6 Å². The summed E-state index contributed by atoms with van der Waals surface area (Å²) in [4.78, 5) is 5.41. The Labute approximate surface area is 144 Å². The van der Waals surface area contributed by atoms with Gasteiger partial charge in [-0.2, -0.15) is 0 Å². The summed E-state index contributed by atoms with van der Waals surface area (Å²) in [7, 11) is 0. The minimum Gasteiger partial charge on any atom is -0.298 e. The third-order valence-corrected chi connectivity index (χ3v) is 6.11. The molecule has 2 N–H and O–H groups in total. The van der Waals surface area contributed by atoms with Crippen LogP contribution in [0.4, 0.5) is 0 Å². The summed E-state index contributed by atoms with van der Waals surface area (Å²) >= 11 is 6.03. The number of piperazine rings is 1. The number of rotatable bonds is 3. The van der Waals surface area contributed by atoms with Gasteiger partial charge in [0.15, 0.2) is 0 Å². The van der Waals surface area contributed by atoms with Crippen molar-refractivity contribution in [1.29, 1.82) is 0 Å².